The third-order valence-corrected chi connectivity index (χ3v) is 11.2. The SMILES string of the molecule is CCN(C[C@H]1[C@@](C)(c2cc(NC(=O)c3ccc(OC)cn3)ccc2F)NC(=N)N(C)S1(=O)=O)S(=O)(=O)c1cn(C)cn1. The molecule has 1 aliphatic rings. The summed E-state index contributed by atoms with van der Waals surface area (Å²) < 4.78 is 77.9. The van der Waals surface area contributed by atoms with Crippen molar-refractivity contribution >= 4 is 37.6 Å². The Morgan fingerprint density at radius 3 is 2.55 bits per heavy atom. The Balaban J connectivity index is 1.76. The van der Waals surface area contributed by atoms with Crippen molar-refractivity contribution in [1.29, 1.82) is 5.41 Å². The number of nitrogens with one attached hydrogen (secondary N) is 3. The number of aromatic nitrogens is 3. The lowest BCUT2D eigenvalue weighted by molar-refractivity contribution is 0.102. The third-order valence-electron chi connectivity index (χ3n) is 7.07. The number of nitrogens with zero attached hydrogens (tertiary/aromatic N) is 5. The van der Waals surface area contributed by atoms with E-state index in [1.807, 2.05) is 0 Å². The predicted molar refractivity (Wildman–Crippen MR) is 151 cm³/mol. The Kier molecular flexibility index (Phi) is 8.30. The summed E-state index contributed by atoms with van der Waals surface area (Å²) in [6.45, 7) is 2.20. The molecule has 1 aliphatic heterocycles. The molecule has 1 amide bonds. The van der Waals surface area contributed by atoms with Gasteiger partial charge in [-0.05, 0) is 37.3 Å². The summed E-state index contributed by atoms with van der Waals surface area (Å²) in [6.07, 6.45) is 3.94. The first kappa shape index (κ1) is 30.9. The molecule has 0 radical (unpaired) electrons. The predicted octanol–water partition coefficient (Wildman–Crippen LogP) is 1.31. The maximum atomic E-state index is 15.5. The summed E-state index contributed by atoms with van der Waals surface area (Å²) in [7, 11) is -4.46. The maximum Gasteiger partial charge on any atom is 0.274 e. The molecule has 0 aliphatic carbocycles. The Labute approximate surface area is 243 Å². The van der Waals surface area contributed by atoms with Crippen molar-refractivity contribution in [3.05, 3.63) is 66.1 Å². The smallest absolute Gasteiger partial charge is 0.274 e. The van der Waals surface area contributed by atoms with E-state index in [1.165, 1.54) is 62.4 Å². The molecule has 1 aromatic carbocycles. The fourth-order valence-electron chi connectivity index (χ4n) is 4.61. The lowest BCUT2D eigenvalue weighted by atomic mass is 9.87. The van der Waals surface area contributed by atoms with Crippen molar-refractivity contribution < 1.29 is 30.8 Å². The number of pyridine rings is 1. The van der Waals surface area contributed by atoms with Crippen LogP contribution in [-0.2, 0) is 32.6 Å². The number of carbonyl (C=O) groups excluding carboxylic acids is 1. The van der Waals surface area contributed by atoms with Gasteiger partial charge in [-0.3, -0.25) is 10.2 Å². The Morgan fingerprint density at radius 2 is 1.98 bits per heavy atom. The van der Waals surface area contributed by atoms with Crippen molar-refractivity contribution in [3.63, 3.8) is 0 Å². The van der Waals surface area contributed by atoms with Crippen molar-refractivity contribution in [2.75, 3.05) is 32.6 Å². The van der Waals surface area contributed by atoms with Gasteiger partial charge in [-0.1, -0.05) is 6.92 Å². The number of halogens is 1. The summed E-state index contributed by atoms with van der Waals surface area (Å²) in [5.74, 6) is -1.55. The first-order valence-corrected chi connectivity index (χ1v) is 15.5. The van der Waals surface area contributed by atoms with Crippen LogP contribution in [0.5, 0.6) is 5.75 Å². The highest BCUT2D eigenvalue weighted by Crippen LogP contribution is 2.38. The number of methoxy groups -OCH3 is 1. The summed E-state index contributed by atoms with van der Waals surface area (Å²) in [6, 6.07) is 6.56. The monoisotopic (exact) mass is 622 g/mol. The maximum absolute atomic E-state index is 15.5. The van der Waals surface area contributed by atoms with E-state index in [2.05, 4.69) is 20.6 Å². The summed E-state index contributed by atoms with van der Waals surface area (Å²) >= 11 is 0. The molecular formula is C25H31FN8O6S2. The van der Waals surface area contributed by atoms with Crippen LogP contribution in [-0.4, -0.2) is 84.3 Å². The molecule has 0 bridgehead atoms. The average molecular weight is 623 g/mol. The van der Waals surface area contributed by atoms with Gasteiger partial charge >= 0.3 is 0 Å². The summed E-state index contributed by atoms with van der Waals surface area (Å²) in [4.78, 5) is 20.7. The average Bonchev–Trinajstić information content (AvgIpc) is 3.40. The van der Waals surface area contributed by atoms with E-state index in [1.54, 1.807) is 13.1 Å². The molecule has 2 aromatic heterocycles. The van der Waals surface area contributed by atoms with Gasteiger partial charge in [0.25, 0.3) is 15.9 Å². The largest absolute Gasteiger partial charge is 0.495 e. The lowest BCUT2D eigenvalue weighted by Crippen LogP contribution is -2.68. The summed E-state index contributed by atoms with van der Waals surface area (Å²) in [5, 5.41) is 11.8. The van der Waals surface area contributed by atoms with Gasteiger partial charge in [0.1, 0.15) is 22.5 Å². The molecule has 3 N–H and O–H groups in total. The molecule has 3 heterocycles. The normalized spacial score (nSPS) is 20.3. The topological polar surface area (TPSA) is 180 Å². The second-order valence-electron chi connectivity index (χ2n) is 9.74. The van der Waals surface area contributed by atoms with Crippen LogP contribution < -0.4 is 15.4 Å². The number of amides is 1. The van der Waals surface area contributed by atoms with Gasteiger partial charge < -0.3 is 19.9 Å². The quantitative estimate of drug-likeness (QED) is 0.317. The number of anilines is 1. The molecule has 42 heavy (non-hydrogen) atoms. The van der Waals surface area contributed by atoms with Crippen molar-refractivity contribution in [1.82, 2.24) is 28.5 Å². The number of benzene rings is 1. The number of hydrogen-bond donors (Lipinski definition) is 3. The fourth-order valence-corrected chi connectivity index (χ4v) is 7.96. The second kappa shape index (κ2) is 11.3. The molecule has 1 fully saturated rings. The van der Waals surface area contributed by atoms with E-state index in [-0.39, 0.29) is 28.5 Å². The molecule has 0 spiro atoms. The van der Waals surface area contributed by atoms with Crippen LogP contribution in [0.3, 0.4) is 0 Å². The lowest BCUT2D eigenvalue weighted by Gasteiger charge is -2.47. The highest BCUT2D eigenvalue weighted by atomic mass is 32.2. The molecule has 0 saturated carbocycles. The van der Waals surface area contributed by atoms with Gasteiger partial charge in [0.05, 0.1) is 25.2 Å². The van der Waals surface area contributed by atoms with E-state index in [9.17, 15) is 21.6 Å². The Morgan fingerprint density at radius 1 is 1.26 bits per heavy atom. The van der Waals surface area contributed by atoms with Crippen molar-refractivity contribution in [3.8, 4) is 5.75 Å². The summed E-state index contributed by atoms with van der Waals surface area (Å²) in [5.41, 5.74) is -1.89. The van der Waals surface area contributed by atoms with Crippen LogP contribution in [0.15, 0.2) is 54.1 Å². The van der Waals surface area contributed by atoms with Gasteiger partial charge in [0.2, 0.25) is 16.0 Å². The number of aryl methyl sites for hydroxylation is 1. The molecule has 14 nitrogen and oxygen atoms in total. The van der Waals surface area contributed by atoms with Crippen LogP contribution in [0.1, 0.15) is 29.9 Å². The molecule has 2 atom stereocenters. The highest BCUT2D eigenvalue weighted by molar-refractivity contribution is 7.90. The minimum Gasteiger partial charge on any atom is -0.495 e. The zero-order chi connectivity index (χ0) is 31.0. The van der Waals surface area contributed by atoms with Crippen LogP contribution in [0, 0.1) is 11.2 Å². The number of guanidine groups is 1. The first-order chi connectivity index (χ1) is 19.6. The van der Waals surface area contributed by atoms with E-state index >= 15 is 4.39 Å². The molecule has 3 aromatic rings. The van der Waals surface area contributed by atoms with Crippen molar-refractivity contribution in [2.45, 2.75) is 29.7 Å². The minimum absolute atomic E-state index is 0.0471. The van der Waals surface area contributed by atoms with Crippen LogP contribution in [0.25, 0.3) is 0 Å². The molecule has 17 heteroatoms. The van der Waals surface area contributed by atoms with Gasteiger partial charge in [-0.2, -0.15) is 4.31 Å². The Hall–Kier alpha value is -4.09. The molecular weight excluding hydrogens is 591 g/mol. The first-order valence-electron chi connectivity index (χ1n) is 12.6. The zero-order valence-electron chi connectivity index (χ0n) is 23.5. The highest BCUT2D eigenvalue weighted by Gasteiger charge is 2.54. The second-order valence-corrected chi connectivity index (χ2v) is 13.8. The number of ether oxygens (including phenoxy) is 1. The number of hydrogen-bond acceptors (Lipinski definition) is 9. The van der Waals surface area contributed by atoms with Crippen LogP contribution in [0.2, 0.25) is 0 Å². The van der Waals surface area contributed by atoms with Gasteiger partial charge in [-0.25, -0.2) is 35.5 Å². The number of rotatable bonds is 9. The van der Waals surface area contributed by atoms with Gasteiger partial charge in [0.15, 0.2) is 5.03 Å². The Bertz CT molecular complexity index is 1730. The zero-order valence-corrected chi connectivity index (χ0v) is 25.1. The van der Waals surface area contributed by atoms with E-state index in [4.69, 9.17) is 10.1 Å². The number of imidazole rings is 1. The molecule has 1 saturated heterocycles. The van der Waals surface area contributed by atoms with E-state index < -0.39 is 55.1 Å². The van der Waals surface area contributed by atoms with E-state index in [0.29, 0.717) is 10.1 Å². The van der Waals surface area contributed by atoms with Gasteiger partial charge in [-0.15, -0.1) is 0 Å². The molecule has 4 rings (SSSR count). The third kappa shape index (κ3) is 5.54. The number of sulfonamides is 2. The van der Waals surface area contributed by atoms with Gasteiger partial charge in [0, 0.05) is 44.6 Å². The molecule has 226 valence electrons. The van der Waals surface area contributed by atoms with Crippen LogP contribution in [0.4, 0.5) is 10.1 Å². The molecule has 0 unspecified atom stereocenters. The van der Waals surface area contributed by atoms with E-state index in [0.717, 1.165) is 17.4 Å². The fraction of sp³-hybridized carbons (Fsp3) is 0.360. The van der Waals surface area contributed by atoms with Crippen LogP contribution >= 0.6 is 0 Å². The van der Waals surface area contributed by atoms with Crippen molar-refractivity contribution in [2.24, 2.45) is 7.05 Å². The number of carbonyl (C=O) groups is 1. The minimum atomic E-state index is -4.41. The standard InChI is InChI=1S/C25H31FN8O6S2/c1-6-34(42(38,39)22-14-32(3)15-29-22)13-21-25(2,31-24(27)33(4)41(21,36)37)18-11-16(7-9-19(18)26)30-23(35)20-10-8-17(40-5)12-28-20/h7-12,14-15,21H,6,13H2,1-5H3,(H2,27,31)(H,30,35)/t21-,25+/m0/s1.